The van der Waals surface area contributed by atoms with E-state index >= 15 is 0 Å². The number of hydrogen-bond donors (Lipinski definition) is 1. The van der Waals surface area contributed by atoms with Crippen molar-refractivity contribution in [3.05, 3.63) is 60.9 Å². The van der Waals surface area contributed by atoms with E-state index in [2.05, 4.69) is 53.1 Å². The summed E-state index contributed by atoms with van der Waals surface area (Å²) in [6.45, 7) is 1.95. The second-order valence-corrected chi connectivity index (χ2v) is 6.78. The van der Waals surface area contributed by atoms with Crippen molar-refractivity contribution in [2.45, 2.75) is 6.92 Å². The Morgan fingerprint density at radius 2 is 1.74 bits per heavy atom. The number of carbonyl (C=O) groups excluding carboxylic acids is 1. The van der Waals surface area contributed by atoms with Gasteiger partial charge in [0.2, 0.25) is 0 Å². The number of carbonyl (C=O) groups is 1. The zero-order valence-electron chi connectivity index (χ0n) is 10.0. The molecule has 2 aromatic carbocycles. The van der Waals surface area contributed by atoms with Crippen molar-refractivity contribution >= 4 is 59.4 Å². The number of amides is 1. The second-order valence-electron chi connectivity index (χ2n) is 4.10. The van der Waals surface area contributed by atoms with Crippen molar-refractivity contribution in [1.82, 2.24) is 0 Å². The zero-order chi connectivity index (χ0) is 14.0. The third-order valence-corrected chi connectivity index (χ3v) is 4.12. The van der Waals surface area contributed by atoms with E-state index in [1.807, 2.05) is 37.3 Å². The van der Waals surface area contributed by atoms with Gasteiger partial charge in [0.1, 0.15) is 0 Å². The molecule has 0 saturated carbocycles. The van der Waals surface area contributed by atoms with E-state index in [-0.39, 0.29) is 5.91 Å². The van der Waals surface area contributed by atoms with Gasteiger partial charge in [-0.1, -0.05) is 31.9 Å². The average Bonchev–Trinajstić information content (AvgIpc) is 2.32. The summed E-state index contributed by atoms with van der Waals surface area (Å²) < 4.78 is 2.65. The molecule has 0 radical (unpaired) electrons. The summed E-state index contributed by atoms with van der Waals surface area (Å²) in [5, 5.41) is 2.89. The predicted octanol–water partition coefficient (Wildman–Crippen LogP) is 5.53. The fourth-order valence-electron chi connectivity index (χ4n) is 1.66. The van der Waals surface area contributed by atoms with Gasteiger partial charge in [-0.15, -0.1) is 0 Å². The highest BCUT2D eigenvalue weighted by molar-refractivity contribution is 9.11. The van der Waals surface area contributed by atoms with Gasteiger partial charge in [-0.25, -0.2) is 0 Å². The smallest absolute Gasteiger partial charge is 0.255 e. The van der Waals surface area contributed by atoms with Gasteiger partial charge in [0.15, 0.2) is 0 Å². The topological polar surface area (TPSA) is 29.1 Å². The molecule has 0 unspecified atom stereocenters. The lowest BCUT2D eigenvalue weighted by Crippen LogP contribution is -2.12. The van der Waals surface area contributed by atoms with Crippen LogP contribution in [0.15, 0.2) is 49.8 Å². The average molecular weight is 448 g/mol. The Morgan fingerprint density at radius 1 is 1.00 bits per heavy atom. The van der Waals surface area contributed by atoms with Gasteiger partial charge in [-0.05, 0) is 64.8 Å². The maximum atomic E-state index is 12.2. The second kappa shape index (κ2) is 6.20. The summed E-state index contributed by atoms with van der Waals surface area (Å²) in [6.07, 6.45) is 0. The number of hydrogen-bond acceptors (Lipinski definition) is 1. The summed E-state index contributed by atoms with van der Waals surface area (Å²) >= 11 is 10.2. The van der Waals surface area contributed by atoms with Crippen LogP contribution < -0.4 is 5.32 Å². The van der Waals surface area contributed by atoms with Crippen LogP contribution in [0.1, 0.15) is 15.9 Å². The minimum absolute atomic E-state index is 0.136. The first-order valence-electron chi connectivity index (χ1n) is 5.49. The fraction of sp³-hybridized carbons (Fsp3) is 0.0714. The van der Waals surface area contributed by atoms with Gasteiger partial charge >= 0.3 is 0 Å². The Bertz CT molecular complexity index is 620. The van der Waals surface area contributed by atoms with E-state index < -0.39 is 0 Å². The Morgan fingerprint density at radius 3 is 2.42 bits per heavy atom. The molecule has 19 heavy (non-hydrogen) atoms. The molecule has 2 rings (SSSR count). The van der Waals surface area contributed by atoms with E-state index in [4.69, 9.17) is 0 Å². The SMILES string of the molecule is Cc1cc(Br)cc(C(=O)Nc2cc(Br)ccc2Br)c1. The molecule has 0 aromatic heterocycles. The molecule has 98 valence electrons. The normalized spacial score (nSPS) is 10.3. The van der Waals surface area contributed by atoms with E-state index in [0.29, 0.717) is 5.56 Å². The molecule has 5 heteroatoms. The quantitative estimate of drug-likeness (QED) is 0.643. The van der Waals surface area contributed by atoms with Gasteiger partial charge in [-0.2, -0.15) is 0 Å². The Kier molecular flexibility index (Phi) is 4.81. The molecular weight excluding hydrogens is 438 g/mol. The third kappa shape index (κ3) is 3.91. The highest BCUT2D eigenvalue weighted by Crippen LogP contribution is 2.27. The number of halogens is 3. The molecule has 0 heterocycles. The lowest BCUT2D eigenvalue weighted by molar-refractivity contribution is 0.102. The predicted molar refractivity (Wildman–Crippen MR) is 88.7 cm³/mol. The Hall–Kier alpha value is -0.650. The molecule has 0 saturated heterocycles. The molecule has 1 N–H and O–H groups in total. The lowest BCUT2D eigenvalue weighted by atomic mass is 10.1. The summed E-state index contributed by atoms with van der Waals surface area (Å²) in [5.74, 6) is -0.136. The number of aryl methyl sites for hydroxylation is 1. The fourth-order valence-corrected chi connectivity index (χ4v) is 2.97. The Labute approximate surface area is 137 Å². The first kappa shape index (κ1) is 14.8. The first-order valence-corrected chi connectivity index (χ1v) is 7.87. The molecule has 2 aromatic rings. The van der Waals surface area contributed by atoms with Crippen LogP contribution >= 0.6 is 47.8 Å². The molecule has 0 aliphatic rings. The van der Waals surface area contributed by atoms with E-state index in [1.165, 1.54) is 0 Å². The van der Waals surface area contributed by atoms with Crippen LogP contribution in [0.5, 0.6) is 0 Å². The summed E-state index contributed by atoms with van der Waals surface area (Å²) in [4.78, 5) is 12.2. The largest absolute Gasteiger partial charge is 0.321 e. The minimum atomic E-state index is -0.136. The van der Waals surface area contributed by atoms with Crippen LogP contribution in [0.3, 0.4) is 0 Å². The van der Waals surface area contributed by atoms with Crippen molar-refractivity contribution in [2.75, 3.05) is 5.32 Å². The molecule has 0 aliphatic carbocycles. The third-order valence-electron chi connectivity index (χ3n) is 2.48. The van der Waals surface area contributed by atoms with Crippen molar-refractivity contribution in [3.63, 3.8) is 0 Å². The Balaban J connectivity index is 2.28. The van der Waals surface area contributed by atoms with Crippen molar-refractivity contribution < 1.29 is 4.79 Å². The highest BCUT2D eigenvalue weighted by Gasteiger charge is 2.10. The molecular formula is C14H10Br3NO. The van der Waals surface area contributed by atoms with Crippen molar-refractivity contribution in [1.29, 1.82) is 0 Å². The molecule has 1 amide bonds. The molecule has 0 spiro atoms. The number of benzene rings is 2. The monoisotopic (exact) mass is 445 g/mol. The lowest BCUT2D eigenvalue weighted by Gasteiger charge is -2.09. The minimum Gasteiger partial charge on any atom is -0.321 e. The first-order chi connectivity index (χ1) is 8.95. The standard InChI is InChI=1S/C14H10Br3NO/c1-8-4-9(6-11(16)5-8)14(19)18-13-7-10(15)2-3-12(13)17/h2-7H,1H3,(H,18,19). The number of rotatable bonds is 2. The van der Waals surface area contributed by atoms with E-state index in [0.717, 1.165) is 24.7 Å². The van der Waals surface area contributed by atoms with Gasteiger partial charge in [0.05, 0.1) is 5.69 Å². The van der Waals surface area contributed by atoms with Crippen molar-refractivity contribution in [3.8, 4) is 0 Å². The van der Waals surface area contributed by atoms with Gasteiger partial charge in [0.25, 0.3) is 5.91 Å². The summed E-state index contributed by atoms with van der Waals surface area (Å²) in [5.41, 5.74) is 2.39. The van der Waals surface area contributed by atoms with Crippen LogP contribution in [0.2, 0.25) is 0 Å². The summed E-state index contributed by atoms with van der Waals surface area (Å²) in [7, 11) is 0. The molecule has 0 aliphatic heterocycles. The number of anilines is 1. The zero-order valence-corrected chi connectivity index (χ0v) is 14.8. The molecule has 0 atom stereocenters. The van der Waals surface area contributed by atoms with Crippen LogP contribution in [-0.2, 0) is 0 Å². The van der Waals surface area contributed by atoms with Crippen molar-refractivity contribution in [2.24, 2.45) is 0 Å². The van der Waals surface area contributed by atoms with E-state index in [1.54, 1.807) is 6.07 Å². The highest BCUT2D eigenvalue weighted by atomic mass is 79.9. The summed E-state index contributed by atoms with van der Waals surface area (Å²) in [6, 6.07) is 11.3. The molecule has 0 fully saturated rings. The number of nitrogens with one attached hydrogen (secondary N) is 1. The maximum Gasteiger partial charge on any atom is 0.255 e. The van der Waals surface area contributed by atoms with Crippen LogP contribution in [-0.4, -0.2) is 5.91 Å². The van der Waals surface area contributed by atoms with Crippen LogP contribution in [0.25, 0.3) is 0 Å². The molecule has 0 bridgehead atoms. The van der Waals surface area contributed by atoms with Gasteiger partial charge < -0.3 is 5.32 Å². The van der Waals surface area contributed by atoms with Gasteiger partial charge in [0, 0.05) is 19.0 Å². The van der Waals surface area contributed by atoms with Crippen LogP contribution in [0.4, 0.5) is 5.69 Å². The van der Waals surface area contributed by atoms with Gasteiger partial charge in [-0.3, -0.25) is 4.79 Å². The maximum absolute atomic E-state index is 12.2. The molecule has 2 nitrogen and oxygen atoms in total. The van der Waals surface area contributed by atoms with E-state index in [9.17, 15) is 4.79 Å². The van der Waals surface area contributed by atoms with Crippen LogP contribution in [0, 0.1) is 6.92 Å².